The van der Waals surface area contributed by atoms with Gasteiger partial charge < -0.3 is 10.4 Å². The number of rotatable bonds is 4. The minimum atomic E-state index is -0.755. The molecule has 0 aromatic carbocycles. The SMILES string of the molecule is CCC1CCC(NCC(=O)O)C1. The number of carbonyl (C=O) groups is 1. The number of carboxylic acid groups (broad SMARTS) is 1. The Morgan fingerprint density at radius 2 is 2.33 bits per heavy atom. The fraction of sp³-hybridized carbons (Fsp3) is 0.889. The molecule has 1 fully saturated rings. The van der Waals surface area contributed by atoms with Gasteiger partial charge in [0.05, 0.1) is 6.54 Å². The number of aliphatic carboxylic acids is 1. The fourth-order valence-corrected chi connectivity index (χ4v) is 1.86. The van der Waals surface area contributed by atoms with Crippen molar-refractivity contribution in [1.82, 2.24) is 5.32 Å². The van der Waals surface area contributed by atoms with E-state index in [-0.39, 0.29) is 6.54 Å². The third kappa shape index (κ3) is 2.81. The molecule has 0 aromatic heterocycles. The molecule has 2 atom stereocenters. The van der Waals surface area contributed by atoms with Crippen LogP contribution in [-0.4, -0.2) is 23.7 Å². The van der Waals surface area contributed by atoms with Crippen LogP contribution in [0, 0.1) is 5.92 Å². The molecule has 2 unspecified atom stereocenters. The van der Waals surface area contributed by atoms with Crippen LogP contribution < -0.4 is 5.32 Å². The average molecular weight is 171 g/mol. The third-order valence-electron chi connectivity index (χ3n) is 2.66. The summed E-state index contributed by atoms with van der Waals surface area (Å²) in [4.78, 5) is 10.2. The summed E-state index contributed by atoms with van der Waals surface area (Å²) in [6, 6.07) is 0.450. The van der Waals surface area contributed by atoms with Gasteiger partial charge in [-0.05, 0) is 25.2 Å². The Balaban J connectivity index is 2.15. The van der Waals surface area contributed by atoms with E-state index in [0.717, 1.165) is 18.8 Å². The molecule has 1 rings (SSSR count). The molecular weight excluding hydrogens is 154 g/mol. The number of hydrogen-bond acceptors (Lipinski definition) is 2. The van der Waals surface area contributed by atoms with Crippen molar-refractivity contribution >= 4 is 5.97 Å². The fourth-order valence-electron chi connectivity index (χ4n) is 1.86. The van der Waals surface area contributed by atoms with Crippen molar-refractivity contribution in [3.8, 4) is 0 Å². The van der Waals surface area contributed by atoms with Crippen LogP contribution in [0.25, 0.3) is 0 Å². The second-order valence-electron chi connectivity index (χ2n) is 3.56. The molecule has 0 bridgehead atoms. The average Bonchev–Trinajstić information content (AvgIpc) is 2.48. The van der Waals surface area contributed by atoms with Gasteiger partial charge in [0.1, 0.15) is 0 Å². The molecule has 12 heavy (non-hydrogen) atoms. The van der Waals surface area contributed by atoms with Crippen LogP contribution in [0.4, 0.5) is 0 Å². The summed E-state index contributed by atoms with van der Waals surface area (Å²) in [6.45, 7) is 2.31. The zero-order chi connectivity index (χ0) is 8.97. The quantitative estimate of drug-likeness (QED) is 0.669. The van der Waals surface area contributed by atoms with Gasteiger partial charge in [-0.25, -0.2) is 0 Å². The lowest BCUT2D eigenvalue weighted by molar-refractivity contribution is -0.136. The van der Waals surface area contributed by atoms with Gasteiger partial charge in [-0.3, -0.25) is 4.79 Å². The highest BCUT2D eigenvalue weighted by Gasteiger charge is 2.22. The van der Waals surface area contributed by atoms with E-state index in [0.29, 0.717) is 6.04 Å². The first-order valence-corrected chi connectivity index (χ1v) is 4.67. The van der Waals surface area contributed by atoms with E-state index in [2.05, 4.69) is 12.2 Å². The highest BCUT2D eigenvalue weighted by Crippen LogP contribution is 2.27. The largest absolute Gasteiger partial charge is 0.480 e. The summed E-state index contributed by atoms with van der Waals surface area (Å²) in [5.41, 5.74) is 0. The molecule has 1 aliphatic rings. The Hall–Kier alpha value is -0.570. The highest BCUT2D eigenvalue weighted by atomic mass is 16.4. The molecule has 3 nitrogen and oxygen atoms in total. The molecule has 0 saturated heterocycles. The summed E-state index contributed by atoms with van der Waals surface area (Å²) >= 11 is 0. The van der Waals surface area contributed by atoms with Gasteiger partial charge in [-0.15, -0.1) is 0 Å². The van der Waals surface area contributed by atoms with Crippen LogP contribution in [0.1, 0.15) is 32.6 Å². The van der Waals surface area contributed by atoms with Crippen molar-refractivity contribution in [3.05, 3.63) is 0 Å². The summed E-state index contributed by atoms with van der Waals surface area (Å²) in [6.07, 6.45) is 4.79. The number of nitrogens with one attached hydrogen (secondary N) is 1. The number of hydrogen-bond donors (Lipinski definition) is 2. The first kappa shape index (κ1) is 9.52. The van der Waals surface area contributed by atoms with Gasteiger partial charge in [0.25, 0.3) is 0 Å². The van der Waals surface area contributed by atoms with Gasteiger partial charge in [-0.2, -0.15) is 0 Å². The van der Waals surface area contributed by atoms with Crippen molar-refractivity contribution in [1.29, 1.82) is 0 Å². The maximum atomic E-state index is 10.2. The summed E-state index contributed by atoms with van der Waals surface area (Å²) in [7, 11) is 0. The van der Waals surface area contributed by atoms with Crippen LogP contribution in [0.15, 0.2) is 0 Å². The highest BCUT2D eigenvalue weighted by molar-refractivity contribution is 5.69. The standard InChI is InChI=1S/C9H17NO2/c1-2-7-3-4-8(5-7)10-6-9(11)12/h7-8,10H,2-6H2,1H3,(H,11,12). The minimum absolute atomic E-state index is 0.112. The first-order chi connectivity index (χ1) is 5.72. The molecular formula is C9H17NO2. The zero-order valence-corrected chi connectivity index (χ0v) is 7.55. The molecule has 0 heterocycles. The van der Waals surface area contributed by atoms with E-state index in [4.69, 9.17) is 5.11 Å². The topological polar surface area (TPSA) is 49.3 Å². The van der Waals surface area contributed by atoms with E-state index < -0.39 is 5.97 Å². The monoisotopic (exact) mass is 171 g/mol. The van der Waals surface area contributed by atoms with Gasteiger partial charge >= 0.3 is 5.97 Å². The van der Waals surface area contributed by atoms with Crippen molar-refractivity contribution < 1.29 is 9.90 Å². The van der Waals surface area contributed by atoms with Crippen molar-refractivity contribution in [2.24, 2.45) is 5.92 Å². The Labute approximate surface area is 73.2 Å². The van der Waals surface area contributed by atoms with Gasteiger partial charge in [0.2, 0.25) is 0 Å². The lowest BCUT2D eigenvalue weighted by atomic mass is 10.1. The minimum Gasteiger partial charge on any atom is -0.480 e. The van der Waals surface area contributed by atoms with Crippen LogP contribution in [0.5, 0.6) is 0 Å². The van der Waals surface area contributed by atoms with E-state index in [1.807, 2.05) is 0 Å². The van der Waals surface area contributed by atoms with Crippen LogP contribution in [0.2, 0.25) is 0 Å². The Kier molecular flexibility index (Phi) is 3.53. The predicted octanol–water partition coefficient (Wildman–Crippen LogP) is 1.24. The van der Waals surface area contributed by atoms with E-state index in [9.17, 15) is 4.79 Å². The van der Waals surface area contributed by atoms with E-state index in [1.165, 1.54) is 12.8 Å². The smallest absolute Gasteiger partial charge is 0.317 e. The summed E-state index contributed by atoms with van der Waals surface area (Å²) in [5, 5.41) is 11.5. The molecule has 1 aliphatic carbocycles. The Morgan fingerprint density at radius 1 is 1.58 bits per heavy atom. The lowest BCUT2D eigenvalue weighted by Crippen LogP contribution is -2.31. The second kappa shape index (κ2) is 4.45. The van der Waals surface area contributed by atoms with Crippen LogP contribution >= 0.6 is 0 Å². The predicted molar refractivity (Wildman–Crippen MR) is 47.1 cm³/mol. The molecule has 0 aromatic rings. The van der Waals surface area contributed by atoms with E-state index >= 15 is 0 Å². The maximum Gasteiger partial charge on any atom is 0.317 e. The molecule has 0 spiro atoms. The Bertz CT molecular complexity index is 159. The normalized spacial score (nSPS) is 29.1. The molecule has 70 valence electrons. The van der Waals surface area contributed by atoms with Crippen molar-refractivity contribution in [2.45, 2.75) is 38.6 Å². The summed E-state index contributed by atoms with van der Waals surface area (Å²) in [5.74, 6) is 0.0613. The molecule has 3 heteroatoms. The van der Waals surface area contributed by atoms with Crippen molar-refractivity contribution in [2.75, 3.05) is 6.54 Å². The zero-order valence-electron chi connectivity index (χ0n) is 7.55. The van der Waals surface area contributed by atoms with Crippen LogP contribution in [-0.2, 0) is 4.79 Å². The molecule has 0 radical (unpaired) electrons. The van der Waals surface area contributed by atoms with Crippen molar-refractivity contribution in [3.63, 3.8) is 0 Å². The Morgan fingerprint density at radius 3 is 2.83 bits per heavy atom. The van der Waals surface area contributed by atoms with E-state index in [1.54, 1.807) is 0 Å². The van der Waals surface area contributed by atoms with Gasteiger partial charge in [-0.1, -0.05) is 13.3 Å². The third-order valence-corrected chi connectivity index (χ3v) is 2.66. The van der Waals surface area contributed by atoms with Crippen LogP contribution in [0.3, 0.4) is 0 Å². The first-order valence-electron chi connectivity index (χ1n) is 4.67. The van der Waals surface area contributed by atoms with Gasteiger partial charge in [0, 0.05) is 6.04 Å². The van der Waals surface area contributed by atoms with Gasteiger partial charge in [0.15, 0.2) is 0 Å². The maximum absolute atomic E-state index is 10.2. The molecule has 2 N–H and O–H groups in total. The lowest BCUT2D eigenvalue weighted by Gasteiger charge is -2.10. The number of carboxylic acids is 1. The molecule has 0 amide bonds. The molecule has 1 saturated carbocycles. The summed E-state index contributed by atoms with van der Waals surface area (Å²) < 4.78 is 0. The molecule has 0 aliphatic heterocycles. The second-order valence-corrected chi connectivity index (χ2v) is 3.56.